The second kappa shape index (κ2) is 10.3. The van der Waals surface area contributed by atoms with Crippen molar-refractivity contribution in [3.63, 3.8) is 0 Å². The maximum atomic E-state index is 14.1. The highest BCUT2D eigenvalue weighted by Gasteiger charge is 2.46. The summed E-state index contributed by atoms with van der Waals surface area (Å²) >= 11 is 12.1. The quantitative estimate of drug-likeness (QED) is 0.347. The van der Waals surface area contributed by atoms with E-state index in [-0.39, 0.29) is 26.7 Å². The molecule has 14 heteroatoms. The molecule has 5 atom stereocenters. The normalized spacial score (nSPS) is 24.3. The topological polar surface area (TPSA) is 131 Å². The highest BCUT2D eigenvalue weighted by Crippen LogP contribution is 2.41. The Kier molecular flexibility index (Phi) is 7.64. The summed E-state index contributed by atoms with van der Waals surface area (Å²) in [5.74, 6) is -1.08. The molecule has 0 amide bonds. The lowest BCUT2D eigenvalue weighted by Gasteiger charge is -2.39. The van der Waals surface area contributed by atoms with E-state index in [4.69, 9.17) is 32.8 Å². The van der Waals surface area contributed by atoms with Crippen LogP contribution in [0.1, 0.15) is 16.1 Å². The number of methoxy groups -OCH3 is 1. The second-order valence-corrected chi connectivity index (χ2v) is 9.04. The van der Waals surface area contributed by atoms with E-state index < -0.39 is 66.1 Å². The molecule has 1 aromatic heterocycles. The molecule has 37 heavy (non-hydrogen) atoms. The number of aliphatic hydroxyl groups excluding tert-OH is 4. The van der Waals surface area contributed by atoms with Gasteiger partial charge < -0.3 is 34.7 Å². The largest absolute Gasteiger partial charge is 0.464 e. The molecule has 9 nitrogen and oxygen atoms in total. The zero-order chi connectivity index (χ0) is 27.2. The van der Waals surface area contributed by atoms with Gasteiger partial charge in [0.15, 0.2) is 5.69 Å². The van der Waals surface area contributed by atoms with Crippen LogP contribution in [0.3, 0.4) is 0 Å². The van der Waals surface area contributed by atoms with E-state index in [1.54, 1.807) is 0 Å². The Balaban J connectivity index is 1.95. The van der Waals surface area contributed by atoms with Crippen molar-refractivity contribution in [1.29, 1.82) is 0 Å². The van der Waals surface area contributed by atoms with E-state index in [2.05, 4.69) is 4.74 Å². The number of esters is 1. The third kappa shape index (κ3) is 5.10. The number of halogens is 5. The molecule has 0 bridgehead atoms. The summed E-state index contributed by atoms with van der Waals surface area (Å²) in [4.78, 5) is 18.1. The van der Waals surface area contributed by atoms with Gasteiger partial charge in [0.2, 0.25) is 0 Å². The number of hydrogen-bond donors (Lipinski definition) is 4. The van der Waals surface area contributed by atoms with Gasteiger partial charge in [-0.15, -0.1) is 0 Å². The van der Waals surface area contributed by atoms with E-state index in [1.807, 2.05) is 0 Å². The summed E-state index contributed by atoms with van der Waals surface area (Å²) in [5.41, 5.74) is -1.73. The number of carbonyl (C=O) groups is 1. The van der Waals surface area contributed by atoms with Crippen LogP contribution in [0.15, 0.2) is 36.4 Å². The molecule has 0 saturated carbocycles. The Morgan fingerprint density at radius 1 is 1.08 bits per heavy atom. The van der Waals surface area contributed by atoms with E-state index in [0.717, 1.165) is 19.2 Å². The Morgan fingerprint density at radius 3 is 2.38 bits per heavy atom. The zero-order valence-corrected chi connectivity index (χ0v) is 20.3. The number of nitrogens with zero attached hydrogens (tertiary/aromatic N) is 1. The minimum absolute atomic E-state index is 0.00494. The van der Waals surface area contributed by atoms with Crippen LogP contribution < -0.4 is 4.84 Å². The average molecular weight is 566 g/mol. The lowest BCUT2D eigenvalue weighted by molar-refractivity contribution is -0.299. The van der Waals surface area contributed by atoms with E-state index in [1.165, 1.54) is 24.3 Å². The highest BCUT2D eigenvalue weighted by atomic mass is 35.5. The number of benzene rings is 2. The minimum atomic E-state index is -4.88. The van der Waals surface area contributed by atoms with Crippen molar-refractivity contribution < 1.29 is 52.7 Å². The van der Waals surface area contributed by atoms with Gasteiger partial charge in [-0.3, -0.25) is 0 Å². The number of alkyl halides is 3. The molecule has 1 saturated heterocycles. The third-order valence-electron chi connectivity index (χ3n) is 5.88. The minimum Gasteiger partial charge on any atom is -0.464 e. The lowest BCUT2D eigenvalue weighted by Crippen LogP contribution is -2.61. The van der Waals surface area contributed by atoms with Crippen LogP contribution in [0.2, 0.25) is 10.0 Å². The Morgan fingerprint density at radius 2 is 1.78 bits per heavy atom. The molecule has 3 aromatic rings. The number of rotatable bonds is 5. The first-order valence-electron chi connectivity index (χ1n) is 10.7. The van der Waals surface area contributed by atoms with Gasteiger partial charge >= 0.3 is 12.1 Å². The maximum absolute atomic E-state index is 14.1. The Bertz CT molecular complexity index is 1330. The molecule has 1 aliphatic rings. The molecule has 2 aromatic carbocycles. The van der Waals surface area contributed by atoms with Gasteiger partial charge in [-0.25, -0.2) is 4.79 Å². The number of fused-ring (bicyclic) bond motifs is 1. The molecule has 1 fully saturated rings. The second-order valence-electron chi connectivity index (χ2n) is 8.20. The molecule has 0 spiro atoms. The first-order valence-corrected chi connectivity index (χ1v) is 11.4. The molecule has 0 aliphatic carbocycles. The molecule has 4 N–H and O–H groups in total. The van der Waals surface area contributed by atoms with Crippen LogP contribution in [0.4, 0.5) is 13.2 Å². The number of hydrogen-bond acceptors (Lipinski definition) is 8. The summed E-state index contributed by atoms with van der Waals surface area (Å²) in [7, 11) is 1.00. The van der Waals surface area contributed by atoms with Crippen LogP contribution in [-0.2, 0) is 15.7 Å². The van der Waals surface area contributed by atoms with Gasteiger partial charge in [-0.2, -0.15) is 17.9 Å². The summed E-state index contributed by atoms with van der Waals surface area (Å²) in [5, 5.41) is 39.8. The molecule has 4 rings (SSSR count). The summed E-state index contributed by atoms with van der Waals surface area (Å²) < 4.78 is 53.1. The number of aliphatic hydroxyl groups is 4. The summed E-state index contributed by atoms with van der Waals surface area (Å²) in [6, 6.07) is 7.19. The Hall–Kier alpha value is -2.58. The van der Waals surface area contributed by atoms with Crippen LogP contribution in [0.5, 0.6) is 0 Å². The maximum Gasteiger partial charge on any atom is 0.417 e. The van der Waals surface area contributed by atoms with E-state index in [0.29, 0.717) is 4.73 Å². The van der Waals surface area contributed by atoms with Crippen LogP contribution in [0, 0.1) is 0 Å². The molecule has 2 heterocycles. The van der Waals surface area contributed by atoms with Crippen molar-refractivity contribution >= 4 is 40.1 Å². The van der Waals surface area contributed by atoms with Gasteiger partial charge in [0.05, 0.1) is 24.8 Å². The van der Waals surface area contributed by atoms with Crippen molar-refractivity contribution in [2.45, 2.75) is 36.9 Å². The van der Waals surface area contributed by atoms with E-state index >= 15 is 0 Å². The third-order valence-corrected chi connectivity index (χ3v) is 6.42. The molecule has 1 aliphatic heterocycles. The number of aromatic nitrogens is 1. The van der Waals surface area contributed by atoms with Gasteiger partial charge in [-0.05, 0) is 35.9 Å². The molecule has 0 unspecified atom stereocenters. The van der Waals surface area contributed by atoms with Crippen molar-refractivity contribution in [3.8, 4) is 11.1 Å². The SMILES string of the molecule is COC(=O)c1cc2c(C(F)(F)F)cc(-c3ccc(Cl)cc3Cl)cc2n1O[C@@H]1O[C@H](CO)[C@@H](O)[C@H](O)[C@H]1O. The first-order chi connectivity index (χ1) is 17.4. The predicted molar refractivity (Wildman–Crippen MR) is 124 cm³/mol. The van der Waals surface area contributed by atoms with Gasteiger partial charge in [0.1, 0.15) is 24.4 Å². The summed E-state index contributed by atoms with van der Waals surface area (Å²) in [6.45, 7) is -0.779. The zero-order valence-electron chi connectivity index (χ0n) is 18.8. The Labute approximate surface area is 217 Å². The van der Waals surface area contributed by atoms with Gasteiger partial charge in [0.25, 0.3) is 6.29 Å². The van der Waals surface area contributed by atoms with Crippen molar-refractivity contribution in [2.75, 3.05) is 13.7 Å². The van der Waals surface area contributed by atoms with Crippen LogP contribution in [0.25, 0.3) is 22.0 Å². The molecule has 200 valence electrons. The van der Waals surface area contributed by atoms with E-state index in [9.17, 15) is 38.4 Å². The van der Waals surface area contributed by atoms with Crippen LogP contribution >= 0.6 is 23.2 Å². The van der Waals surface area contributed by atoms with Crippen molar-refractivity contribution in [1.82, 2.24) is 4.73 Å². The number of ether oxygens (including phenoxy) is 2. The first kappa shape index (κ1) is 27.5. The fourth-order valence-electron chi connectivity index (χ4n) is 4.01. The van der Waals surface area contributed by atoms with Crippen LogP contribution in [-0.4, -0.2) is 75.5 Å². The standard InChI is InChI=1S/C23H20Cl2F3NO8/c1-35-21(34)16-7-12-13(23(26,27)28)4-9(11-3-2-10(24)6-14(11)25)5-15(12)29(16)37-22-20(33)19(32)18(31)17(8-30)36-22/h2-7,17-20,22,30-33H,8H2,1H3/t17-,18-,19+,20-,22+/m1/s1. The fourth-order valence-corrected chi connectivity index (χ4v) is 4.53. The predicted octanol–water partition coefficient (Wildman–Crippen LogP) is 2.65. The smallest absolute Gasteiger partial charge is 0.417 e. The van der Waals surface area contributed by atoms with Crippen molar-refractivity contribution in [3.05, 3.63) is 57.7 Å². The van der Waals surface area contributed by atoms with Gasteiger partial charge in [-0.1, -0.05) is 29.3 Å². The fraction of sp³-hybridized carbons (Fsp3) is 0.348. The number of carbonyl (C=O) groups excluding carboxylic acids is 1. The average Bonchev–Trinajstić information content (AvgIpc) is 3.20. The van der Waals surface area contributed by atoms with Gasteiger partial charge in [0, 0.05) is 21.0 Å². The summed E-state index contributed by atoms with van der Waals surface area (Å²) in [6.07, 6.45) is -13.5. The molecular formula is C23H20Cl2F3NO8. The highest BCUT2D eigenvalue weighted by molar-refractivity contribution is 6.36. The molecular weight excluding hydrogens is 546 g/mol. The lowest BCUT2D eigenvalue weighted by atomic mass is 9.99. The van der Waals surface area contributed by atoms with Crippen molar-refractivity contribution in [2.24, 2.45) is 0 Å². The molecule has 0 radical (unpaired) electrons. The monoisotopic (exact) mass is 565 g/mol.